The van der Waals surface area contributed by atoms with Crippen LogP contribution in [0.15, 0.2) is 84.6 Å². The second-order valence-electron chi connectivity index (χ2n) is 7.33. The molecule has 0 aromatic heterocycles. The van der Waals surface area contributed by atoms with Gasteiger partial charge in [0.05, 0.1) is 18.4 Å². The first-order chi connectivity index (χ1) is 15.0. The van der Waals surface area contributed by atoms with Crippen molar-refractivity contribution >= 4 is 34.4 Å². The SMILES string of the molecule is COc1cccc(NC2=C(c3ccccc3)C(=O)N(c3ccc(N(C)C)cc3)C2=O)c1. The van der Waals surface area contributed by atoms with E-state index in [1.807, 2.05) is 79.7 Å². The van der Waals surface area contributed by atoms with E-state index < -0.39 is 5.91 Å². The van der Waals surface area contributed by atoms with E-state index >= 15 is 0 Å². The molecular formula is C25H23N3O3. The Kier molecular flexibility index (Phi) is 5.45. The normalized spacial score (nSPS) is 13.6. The molecule has 0 bridgehead atoms. The molecule has 3 aromatic carbocycles. The molecular weight excluding hydrogens is 390 g/mol. The molecule has 6 nitrogen and oxygen atoms in total. The summed E-state index contributed by atoms with van der Waals surface area (Å²) in [5.41, 5.74) is 3.42. The maximum Gasteiger partial charge on any atom is 0.282 e. The lowest BCUT2D eigenvalue weighted by Gasteiger charge is -2.18. The van der Waals surface area contributed by atoms with E-state index in [2.05, 4.69) is 5.32 Å². The Bertz CT molecular complexity index is 1150. The summed E-state index contributed by atoms with van der Waals surface area (Å²) in [5, 5.41) is 3.15. The van der Waals surface area contributed by atoms with Gasteiger partial charge in [-0.05, 0) is 42.0 Å². The number of carbonyl (C=O) groups excluding carboxylic acids is 2. The summed E-state index contributed by atoms with van der Waals surface area (Å²) < 4.78 is 5.28. The minimum Gasteiger partial charge on any atom is -0.497 e. The van der Waals surface area contributed by atoms with E-state index in [-0.39, 0.29) is 11.6 Å². The third-order valence-electron chi connectivity index (χ3n) is 5.11. The first-order valence-electron chi connectivity index (χ1n) is 9.86. The van der Waals surface area contributed by atoms with Crippen LogP contribution >= 0.6 is 0 Å². The van der Waals surface area contributed by atoms with Gasteiger partial charge in [0, 0.05) is 31.5 Å². The molecule has 0 spiro atoms. The number of hydrogen-bond acceptors (Lipinski definition) is 5. The van der Waals surface area contributed by atoms with Crippen LogP contribution < -0.4 is 19.9 Å². The number of nitrogens with zero attached hydrogens (tertiary/aromatic N) is 2. The fourth-order valence-electron chi connectivity index (χ4n) is 3.50. The molecule has 3 aromatic rings. The molecule has 4 rings (SSSR count). The summed E-state index contributed by atoms with van der Waals surface area (Å²) in [6.07, 6.45) is 0. The topological polar surface area (TPSA) is 61.9 Å². The van der Waals surface area contributed by atoms with E-state index in [0.717, 1.165) is 5.69 Å². The molecule has 0 aliphatic carbocycles. The molecule has 0 saturated carbocycles. The van der Waals surface area contributed by atoms with Gasteiger partial charge in [-0.2, -0.15) is 0 Å². The highest BCUT2D eigenvalue weighted by atomic mass is 16.5. The average Bonchev–Trinajstić information content (AvgIpc) is 3.03. The summed E-state index contributed by atoms with van der Waals surface area (Å²) >= 11 is 0. The van der Waals surface area contributed by atoms with Gasteiger partial charge >= 0.3 is 0 Å². The quantitative estimate of drug-likeness (QED) is 0.615. The van der Waals surface area contributed by atoms with Crippen molar-refractivity contribution in [2.45, 2.75) is 0 Å². The van der Waals surface area contributed by atoms with E-state index in [1.54, 1.807) is 25.3 Å². The lowest BCUT2D eigenvalue weighted by Crippen LogP contribution is -2.32. The average molecular weight is 413 g/mol. The van der Waals surface area contributed by atoms with Gasteiger partial charge in [-0.3, -0.25) is 9.59 Å². The molecule has 0 saturated heterocycles. The summed E-state index contributed by atoms with van der Waals surface area (Å²) in [5.74, 6) is -0.108. The number of rotatable bonds is 6. The zero-order valence-corrected chi connectivity index (χ0v) is 17.6. The van der Waals surface area contributed by atoms with Crippen molar-refractivity contribution in [3.05, 3.63) is 90.1 Å². The number of carbonyl (C=O) groups is 2. The number of nitrogens with one attached hydrogen (secondary N) is 1. The van der Waals surface area contributed by atoms with E-state index in [1.165, 1.54) is 4.90 Å². The minimum atomic E-state index is -0.399. The van der Waals surface area contributed by atoms with Gasteiger partial charge in [-0.15, -0.1) is 0 Å². The smallest absolute Gasteiger partial charge is 0.282 e. The van der Waals surface area contributed by atoms with Crippen LogP contribution in [0.5, 0.6) is 5.75 Å². The van der Waals surface area contributed by atoms with Gasteiger partial charge < -0.3 is 15.0 Å². The molecule has 31 heavy (non-hydrogen) atoms. The van der Waals surface area contributed by atoms with Crippen LogP contribution in [0.4, 0.5) is 17.1 Å². The second kappa shape index (κ2) is 8.36. The van der Waals surface area contributed by atoms with Crippen LogP contribution in [-0.4, -0.2) is 33.0 Å². The summed E-state index contributed by atoms with van der Waals surface area (Å²) in [6, 6.07) is 23.8. The third-order valence-corrected chi connectivity index (χ3v) is 5.11. The van der Waals surface area contributed by atoms with Gasteiger partial charge in [0.1, 0.15) is 11.4 Å². The fraction of sp³-hybridized carbons (Fsp3) is 0.120. The lowest BCUT2D eigenvalue weighted by atomic mass is 10.0. The summed E-state index contributed by atoms with van der Waals surface area (Å²) in [6.45, 7) is 0. The Morgan fingerprint density at radius 1 is 0.839 bits per heavy atom. The maximum atomic E-state index is 13.4. The summed E-state index contributed by atoms with van der Waals surface area (Å²) in [7, 11) is 5.45. The van der Waals surface area contributed by atoms with Crippen LogP contribution in [0.2, 0.25) is 0 Å². The number of benzene rings is 3. The highest BCUT2D eigenvalue weighted by Gasteiger charge is 2.40. The predicted molar refractivity (Wildman–Crippen MR) is 123 cm³/mol. The molecule has 156 valence electrons. The largest absolute Gasteiger partial charge is 0.497 e. The van der Waals surface area contributed by atoms with Crippen molar-refractivity contribution in [1.29, 1.82) is 0 Å². The van der Waals surface area contributed by atoms with Crippen molar-refractivity contribution in [2.75, 3.05) is 36.3 Å². The van der Waals surface area contributed by atoms with Gasteiger partial charge in [-0.25, -0.2) is 4.90 Å². The highest BCUT2D eigenvalue weighted by molar-refractivity contribution is 6.46. The van der Waals surface area contributed by atoms with Crippen molar-refractivity contribution < 1.29 is 14.3 Å². The van der Waals surface area contributed by atoms with Crippen LogP contribution in [-0.2, 0) is 9.59 Å². The zero-order chi connectivity index (χ0) is 22.0. The molecule has 1 heterocycles. The zero-order valence-electron chi connectivity index (χ0n) is 17.6. The summed E-state index contributed by atoms with van der Waals surface area (Å²) in [4.78, 5) is 30.0. The van der Waals surface area contributed by atoms with Crippen molar-refractivity contribution in [2.24, 2.45) is 0 Å². The molecule has 1 N–H and O–H groups in total. The highest BCUT2D eigenvalue weighted by Crippen LogP contribution is 2.34. The predicted octanol–water partition coefficient (Wildman–Crippen LogP) is 4.16. The molecule has 0 radical (unpaired) electrons. The van der Waals surface area contributed by atoms with Gasteiger partial charge in [0.15, 0.2) is 0 Å². The first-order valence-corrected chi connectivity index (χ1v) is 9.86. The Labute approximate surface area is 181 Å². The number of anilines is 3. The van der Waals surface area contributed by atoms with Crippen molar-refractivity contribution in [3.63, 3.8) is 0 Å². The standard InChI is InChI=1S/C25H23N3O3/c1-27(2)19-12-14-20(15-13-19)28-24(29)22(17-8-5-4-6-9-17)23(25(28)30)26-18-10-7-11-21(16-18)31-3/h4-16,26H,1-3H3. The number of methoxy groups -OCH3 is 1. The monoisotopic (exact) mass is 413 g/mol. The third kappa shape index (κ3) is 3.88. The molecule has 0 unspecified atom stereocenters. The molecule has 0 atom stereocenters. The van der Waals surface area contributed by atoms with E-state index in [0.29, 0.717) is 28.3 Å². The Morgan fingerprint density at radius 3 is 2.19 bits per heavy atom. The number of hydrogen-bond donors (Lipinski definition) is 1. The van der Waals surface area contributed by atoms with Crippen LogP contribution in [0.1, 0.15) is 5.56 Å². The van der Waals surface area contributed by atoms with Gasteiger partial charge in [0.25, 0.3) is 11.8 Å². The fourth-order valence-corrected chi connectivity index (χ4v) is 3.50. The van der Waals surface area contributed by atoms with Crippen molar-refractivity contribution in [3.8, 4) is 5.75 Å². The number of ether oxygens (including phenoxy) is 1. The molecule has 1 aliphatic heterocycles. The molecule has 6 heteroatoms. The first kappa shape index (κ1) is 20.2. The molecule has 0 fully saturated rings. The number of imide groups is 1. The Balaban J connectivity index is 1.77. The molecule has 1 aliphatic rings. The minimum absolute atomic E-state index is 0.237. The van der Waals surface area contributed by atoms with E-state index in [9.17, 15) is 9.59 Å². The van der Waals surface area contributed by atoms with Crippen LogP contribution in [0.3, 0.4) is 0 Å². The second-order valence-corrected chi connectivity index (χ2v) is 7.33. The number of amides is 2. The van der Waals surface area contributed by atoms with Crippen LogP contribution in [0, 0.1) is 0 Å². The maximum absolute atomic E-state index is 13.4. The van der Waals surface area contributed by atoms with Gasteiger partial charge in [0.2, 0.25) is 0 Å². The Hall–Kier alpha value is -4.06. The van der Waals surface area contributed by atoms with Crippen molar-refractivity contribution in [1.82, 2.24) is 0 Å². The lowest BCUT2D eigenvalue weighted by molar-refractivity contribution is -0.120. The van der Waals surface area contributed by atoms with Gasteiger partial charge in [-0.1, -0.05) is 36.4 Å². The molecule has 2 amide bonds. The Morgan fingerprint density at radius 2 is 1.55 bits per heavy atom. The van der Waals surface area contributed by atoms with Crippen LogP contribution in [0.25, 0.3) is 5.57 Å². The van der Waals surface area contributed by atoms with E-state index in [4.69, 9.17) is 4.74 Å².